The lowest BCUT2D eigenvalue weighted by molar-refractivity contribution is -0.384. The molecule has 662 valence electrons. The third-order valence-corrected chi connectivity index (χ3v) is 22.9. The summed E-state index contributed by atoms with van der Waals surface area (Å²) in [4.78, 5) is 138. The van der Waals surface area contributed by atoms with Crippen LogP contribution in [0.4, 0.5) is 56.9 Å². The predicted molar refractivity (Wildman–Crippen MR) is 477 cm³/mol. The molecule has 123 heavy (non-hydrogen) atoms. The van der Waals surface area contributed by atoms with Gasteiger partial charge >= 0.3 is 35.8 Å². The molecule has 0 radical (unpaired) electrons. The van der Waals surface area contributed by atoms with Gasteiger partial charge in [0.15, 0.2) is 23.8 Å². The van der Waals surface area contributed by atoms with Crippen molar-refractivity contribution in [2.45, 2.75) is 193 Å². The Labute approximate surface area is 722 Å². The molecule has 35 heteroatoms. The van der Waals surface area contributed by atoms with Gasteiger partial charge in [0.2, 0.25) is 0 Å². The van der Waals surface area contributed by atoms with Crippen molar-refractivity contribution in [3.63, 3.8) is 0 Å². The molecule has 1 amide bonds. The van der Waals surface area contributed by atoms with Crippen molar-refractivity contribution in [2.24, 2.45) is 63.2 Å². The standard InChI is InChI=1S/C45H58N8O9Si.C43H61N7O9Si/c1-11-43(4,41(56)61-26-14-28-63(8,9)10)30-45(6,40(55)60-7)31-44(5,12-2)42(57)62-27-25-52(13-3)36-22-20-34(21-23-36)48-50-37-24-15-32(29-38(37)53(58)59)39(54)47-33-16-18-35(19-17-33)49-51-46;1-11-41(4,39(53)58-26-16-24-45-48-44)30-43(6,38(52)57-7)31-42(5,12-2)40(54)59-27-25-49(13-3)34-21-19-33(20-22-34)46-47-35-23-18-32(29-36(35)50(55)56)37(51)17-14-15-28-60(8,9)10/h15-24,29H,11-13,25-27,30-31H2,1-10H3,(H,47,54);18-23,29H,11-14,16-17,24-27,30-31H2,1-10H3. The molecule has 1 N–H and O–H groups in total. The van der Waals surface area contributed by atoms with E-state index in [0.29, 0.717) is 87.5 Å². The molecule has 6 unspecified atom stereocenters. The fraction of sp³-hybridized carbons (Fsp3) is 0.523. The molecule has 0 aliphatic rings. The molecule has 6 atom stereocenters. The van der Waals surface area contributed by atoms with Crippen molar-refractivity contribution in [3.8, 4) is 22.9 Å². The van der Waals surface area contributed by atoms with E-state index in [4.69, 9.17) is 39.5 Å². The number of hydrogen-bond donors (Lipinski definition) is 1. The summed E-state index contributed by atoms with van der Waals surface area (Å²) in [5.41, 5.74) is 19.4. The topological polar surface area (TPSA) is 444 Å². The summed E-state index contributed by atoms with van der Waals surface area (Å²) in [5, 5.41) is 49.9. The Morgan fingerprint density at radius 2 is 0.862 bits per heavy atom. The molecule has 5 aromatic rings. The van der Waals surface area contributed by atoms with E-state index in [1.165, 1.54) is 68.8 Å². The number of hydrogen-bond acceptors (Lipinski definition) is 26. The number of ketones is 1. The zero-order valence-electron chi connectivity index (χ0n) is 74.6. The highest BCUT2D eigenvalue weighted by molar-refractivity contribution is 6.84. The molecule has 0 saturated heterocycles. The van der Waals surface area contributed by atoms with Crippen LogP contribution in [0.15, 0.2) is 140 Å². The number of carbonyl (C=O) groups is 8. The number of ether oxygens (including phenoxy) is 6. The number of anilines is 3. The van der Waals surface area contributed by atoms with Crippen LogP contribution in [0.3, 0.4) is 0 Å². The molecule has 0 aliphatic heterocycles. The van der Waals surface area contributed by atoms with Gasteiger partial charge in [0.05, 0.1) is 87.6 Å². The number of nitro groups is 2. The number of azo groups is 2. The first-order valence-corrected chi connectivity index (χ1v) is 47.8. The second-order valence-corrected chi connectivity index (χ2v) is 43.0. The van der Waals surface area contributed by atoms with E-state index >= 15 is 0 Å². The number of methoxy groups -OCH3 is 2. The SMILES string of the molecule is CCN(CCOC(=O)C(C)(CC)CC(C)(CC(C)(CC)C(=O)OCC#C[Si](C)(C)C)C(=O)OC)c1ccc(N=Nc2ccc(C(=O)Nc3ccc(N=[N+]=[N-])cc3)cc2[N+](=O)[O-])cc1.CCN(CCOC(=O)C(C)(CC)CC(C)(CC(C)(CC)C(=O)OCCCN=[N+]=[N-])C(=O)OC)c1ccc(N=Nc2ccc(C(=O)CCC#C[Si](C)(C)C)cc2[N+](=O)[O-])cc1. The van der Waals surface area contributed by atoms with Gasteiger partial charge in [0, 0.05) is 88.3 Å². The van der Waals surface area contributed by atoms with Crippen molar-refractivity contribution >= 4 is 121 Å². The smallest absolute Gasteiger partial charge is 0.312 e. The van der Waals surface area contributed by atoms with E-state index in [-0.39, 0.29) is 99.0 Å². The highest BCUT2D eigenvalue weighted by atomic mass is 28.3. The van der Waals surface area contributed by atoms with Crippen molar-refractivity contribution < 1.29 is 76.6 Å². The van der Waals surface area contributed by atoms with Crippen LogP contribution < -0.4 is 15.1 Å². The van der Waals surface area contributed by atoms with Crippen molar-refractivity contribution in [2.75, 3.05) is 88.5 Å². The Balaban J connectivity index is 0.000000517. The van der Waals surface area contributed by atoms with Crippen LogP contribution in [-0.2, 0) is 57.2 Å². The Morgan fingerprint density at radius 3 is 1.24 bits per heavy atom. The number of nitrogens with one attached hydrogen (secondary N) is 1. The van der Waals surface area contributed by atoms with Gasteiger partial charge < -0.3 is 43.5 Å². The van der Waals surface area contributed by atoms with Crippen LogP contribution >= 0.6 is 0 Å². The van der Waals surface area contributed by atoms with E-state index in [0.717, 1.165) is 17.4 Å². The molecule has 0 bridgehead atoms. The normalized spacial score (nSPS) is 14.1. The summed E-state index contributed by atoms with van der Waals surface area (Å²) in [6.45, 7) is 36.5. The second-order valence-electron chi connectivity index (χ2n) is 33.5. The number of nitro benzene ring substituents is 2. The summed E-state index contributed by atoms with van der Waals surface area (Å²) >= 11 is 0. The Bertz CT molecular complexity index is 4830. The molecule has 0 saturated carbocycles. The number of rotatable bonds is 45. The maximum absolute atomic E-state index is 13.8. The number of nitrogens with zero attached hydrogens (tertiary/aromatic N) is 14. The first kappa shape index (κ1) is 103. The van der Waals surface area contributed by atoms with Gasteiger partial charge in [0.25, 0.3) is 17.3 Å². The zero-order valence-corrected chi connectivity index (χ0v) is 76.6. The molecule has 0 spiro atoms. The summed E-state index contributed by atoms with van der Waals surface area (Å²) in [7, 11) is -0.640. The zero-order chi connectivity index (χ0) is 92.2. The first-order valence-electron chi connectivity index (χ1n) is 40.8. The second kappa shape index (κ2) is 47.9. The quantitative estimate of drug-likeness (QED) is 0.00323. The van der Waals surface area contributed by atoms with Gasteiger partial charge in [-0.3, -0.25) is 58.6 Å². The third-order valence-electron chi connectivity index (χ3n) is 21.1. The minimum atomic E-state index is -1.65. The minimum absolute atomic E-state index is 0.0133. The first-order chi connectivity index (χ1) is 57.9. The van der Waals surface area contributed by atoms with Gasteiger partial charge in [-0.25, -0.2) is 0 Å². The number of azide groups is 2. The number of esters is 6. The Kier molecular flexibility index (Phi) is 40.2. The van der Waals surface area contributed by atoms with E-state index in [2.05, 4.69) is 108 Å². The Hall–Kier alpha value is -12.2. The van der Waals surface area contributed by atoms with Crippen LogP contribution in [0.1, 0.15) is 174 Å². The molecular weight excluding hydrogens is 1610 g/mol. The number of carbonyl (C=O) groups excluding carboxylic acids is 8. The van der Waals surface area contributed by atoms with Crippen LogP contribution in [-0.4, -0.2) is 147 Å². The Morgan fingerprint density at radius 1 is 0.480 bits per heavy atom. The molecule has 0 aliphatic carbocycles. The number of benzene rings is 5. The lowest BCUT2D eigenvalue weighted by Gasteiger charge is -2.40. The third kappa shape index (κ3) is 32.0. The lowest BCUT2D eigenvalue weighted by Crippen LogP contribution is -2.45. The summed E-state index contributed by atoms with van der Waals surface area (Å²) in [6, 6.07) is 28.1. The number of Topliss-reactive ketones (excluding diaryl/α,β-unsaturated/α-hetero) is 1. The van der Waals surface area contributed by atoms with E-state index in [1.807, 2.05) is 63.5 Å². The largest absolute Gasteiger partial charge is 0.469 e. The molecule has 0 fully saturated rings. The monoisotopic (exact) mass is 1730 g/mol. The highest BCUT2D eigenvalue weighted by Gasteiger charge is 2.52. The molecule has 0 heterocycles. The van der Waals surface area contributed by atoms with Crippen molar-refractivity contribution in [1.82, 2.24) is 0 Å². The van der Waals surface area contributed by atoms with E-state index in [9.17, 15) is 58.6 Å². The maximum Gasteiger partial charge on any atom is 0.312 e. The fourth-order valence-corrected chi connectivity index (χ4v) is 14.9. The molecule has 0 aromatic heterocycles. The van der Waals surface area contributed by atoms with Gasteiger partial charge in [0.1, 0.15) is 29.4 Å². The summed E-state index contributed by atoms with van der Waals surface area (Å²) < 4.78 is 33.2. The van der Waals surface area contributed by atoms with Crippen molar-refractivity contribution in [3.05, 3.63) is 161 Å². The van der Waals surface area contributed by atoms with Gasteiger partial charge in [-0.05, 0) is 209 Å². The van der Waals surface area contributed by atoms with Gasteiger partial charge in [-0.15, -0.1) is 27.2 Å². The van der Waals surface area contributed by atoms with Gasteiger partial charge in [-0.2, -0.15) is 10.2 Å². The molecule has 5 aromatic carbocycles. The maximum atomic E-state index is 13.8. The average Bonchev–Trinajstić information content (AvgIpc) is 0.782. The van der Waals surface area contributed by atoms with E-state index in [1.54, 1.807) is 77.9 Å². The predicted octanol–water partition coefficient (Wildman–Crippen LogP) is 21.0. The van der Waals surface area contributed by atoms with Gasteiger partial charge in [-0.1, -0.05) is 95.3 Å². The minimum Gasteiger partial charge on any atom is -0.469 e. The van der Waals surface area contributed by atoms with Crippen LogP contribution in [0, 0.1) is 75.6 Å². The molecular formula is C88H119N15O18Si2. The molecule has 5 rings (SSSR count). The van der Waals surface area contributed by atoms with Crippen LogP contribution in [0.5, 0.6) is 0 Å². The van der Waals surface area contributed by atoms with Crippen molar-refractivity contribution in [1.29, 1.82) is 0 Å². The summed E-state index contributed by atoms with van der Waals surface area (Å²) in [5.74, 6) is 2.18. The van der Waals surface area contributed by atoms with Crippen LogP contribution in [0.2, 0.25) is 39.3 Å². The molecule has 33 nitrogen and oxygen atoms in total. The summed E-state index contributed by atoms with van der Waals surface area (Å²) in [6.07, 6.45) is 2.70. The van der Waals surface area contributed by atoms with Crippen LogP contribution in [0.25, 0.3) is 20.9 Å². The lowest BCUT2D eigenvalue weighted by atomic mass is 9.64. The number of amides is 1. The number of likely N-dealkylation sites (N-methyl/N-ethyl adjacent to an activating group) is 2. The average molecular weight is 1730 g/mol. The van der Waals surface area contributed by atoms with E-state index < -0.39 is 106 Å². The highest BCUT2D eigenvalue weighted by Crippen LogP contribution is 2.49. The fourth-order valence-electron chi connectivity index (χ4n) is 13.6.